The number of nitrogens with one attached hydrogen (secondary N) is 1. The van der Waals surface area contributed by atoms with Crippen molar-refractivity contribution in [2.45, 2.75) is 52.2 Å². The Balaban J connectivity index is 1.62. The Hall–Kier alpha value is -3.17. The Morgan fingerprint density at radius 1 is 1.32 bits per heavy atom. The molecule has 2 heterocycles. The molecule has 3 rings (SSSR count). The number of alkyl carbamates (subject to hydrolysis) is 1. The van der Waals surface area contributed by atoms with E-state index in [1.54, 1.807) is 30.1 Å². The molecular formula is C21H29N5O5. The number of carbonyl (C=O) groups is 2. The summed E-state index contributed by atoms with van der Waals surface area (Å²) in [6, 6.07) is 3.56. The minimum Gasteiger partial charge on any atom is -0.489 e. The molecule has 2 N–H and O–H groups in total. The summed E-state index contributed by atoms with van der Waals surface area (Å²) in [4.78, 5) is 27.5. The molecule has 1 saturated carbocycles. The van der Waals surface area contributed by atoms with Gasteiger partial charge in [-0.05, 0) is 43.7 Å². The Labute approximate surface area is 181 Å². The minimum absolute atomic E-state index is 0.129. The Morgan fingerprint density at radius 2 is 2.13 bits per heavy atom. The van der Waals surface area contributed by atoms with E-state index < -0.39 is 12.1 Å². The van der Waals surface area contributed by atoms with Gasteiger partial charge in [0.05, 0.1) is 42.8 Å². The monoisotopic (exact) mass is 431 g/mol. The van der Waals surface area contributed by atoms with E-state index in [9.17, 15) is 14.7 Å². The third kappa shape index (κ3) is 6.16. The number of amides is 1. The molecule has 0 bridgehead atoms. The van der Waals surface area contributed by atoms with Crippen molar-refractivity contribution in [1.29, 1.82) is 0 Å². The lowest BCUT2D eigenvalue weighted by Gasteiger charge is -2.27. The number of rotatable bonds is 8. The van der Waals surface area contributed by atoms with Crippen LogP contribution in [-0.4, -0.2) is 49.9 Å². The number of pyridine rings is 1. The van der Waals surface area contributed by atoms with Gasteiger partial charge in [0.1, 0.15) is 11.4 Å². The zero-order chi connectivity index (χ0) is 22.4. The maximum atomic E-state index is 11.8. The van der Waals surface area contributed by atoms with E-state index in [-0.39, 0.29) is 24.5 Å². The molecule has 10 heteroatoms. The standard InChI is InChI=1S/C21H29N5O5/c1-13(2)12-30-21(29)23-11-18-19(24-25-26(18)3)17-8-7-16(10-22-17)31-15-6-4-5-14(9-15)20(27)28/h7-8,10,13-15H,4-6,9,11-12H2,1-3H3,(H,23,29)(H,27,28)/t14?,15-/m0/s1. The number of carboxylic acids is 1. The van der Waals surface area contributed by atoms with Crippen LogP contribution >= 0.6 is 0 Å². The van der Waals surface area contributed by atoms with Crippen LogP contribution in [0.1, 0.15) is 45.2 Å². The predicted molar refractivity (Wildman–Crippen MR) is 111 cm³/mol. The first kappa shape index (κ1) is 22.5. The van der Waals surface area contributed by atoms with Crippen molar-refractivity contribution in [3.05, 3.63) is 24.0 Å². The van der Waals surface area contributed by atoms with Gasteiger partial charge in [0.2, 0.25) is 0 Å². The minimum atomic E-state index is -0.765. The first-order chi connectivity index (χ1) is 14.8. The first-order valence-electron chi connectivity index (χ1n) is 10.5. The molecule has 0 aliphatic heterocycles. The maximum absolute atomic E-state index is 11.8. The molecule has 1 amide bonds. The van der Waals surface area contributed by atoms with Crippen molar-refractivity contribution >= 4 is 12.1 Å². The van der Waals surface area contributed by atoms with Crippen LogP contribution in [0.2, 0.25) is 0 Å². The van der Waals surface area contributed by atoms with Crippen molar-refractivity contribution in [3.63, 3.8) is 0 Å². The van der Waals surface area contributed by atoms with E-state index >= 15 is 0 Å². The van der Waals surface area contributed by atoms with E-state index in [0.29, 0.717) is 42.3 Å². The normalized spacial score (nSPS) is 18.6. The smallest absolute Gasteiger partial charge is 0.407 e. The zero-order valence-corrected chi connectivity index (χ0v) is 18.1. The average molecular weight is 431 g/mol. The third-order valence-corrected chi connectivity index (χ3v) is 5.15. The van der Waals surface area contributed by atoms with Gasteiger partial charge < -0.3 is 19.9 Å². The molecule has 1 aliphatic rings. The van der Waals surface area contributed by atoms with E-state index in [2.05, 4.69) is 20.6 Å². The van der Waals surface area contributed by atoms with Crippen molar-refractivity contribution in [2.24, 2.45) is 18.9 Å². The number of aliphatic carboxylic acids is 1. The third-order valence-electron chi connectivity index (χ3n) is 5.15. The average Bonchev–Trinajstić information content (AvgIpc) is 3.11. The Kier molecular flexibility index (Phi) is 7.43. The zero-order valence-electron chi connectivity index (χ0n) is 18.1. The molecule has 168 valence electrons. The van der Waals surface area contributed by atoms with Gasteiger partial charge in [-0.25, -0.2) is 9.48 Å². The first-order valence-corrected chi connectivity index (χ1v) is 10.5. The number of carbonyl (C=O) groups excluding carboxylic acids is 1. The highest BCUT2D eigenvalue weighted by Crippen LogP contribution is 2.28. The van der Waals surface area contributed by atoms with Crippen LogP contribution in [0.5, 0.6) is 5.75 Å². The molecule has 31 heavy (non-hydrogen) atoms. The summed E-state index contributed by atoms with van der Waals surface area (Å²) < 4.78 is 12.7. The predicted octanol–water partition coefficient (Wildman–Crippen LogP) is 2.78. The largest absolute Gasteiger partial charge is 0.489 e. The maximum Gasteiger partial charge on any atom is 0.407 e. The van der Waals surface area contributed by atoms with Gasteiger partial charge in [0.25, 0.3) is 0 Å². The molecule has 0 aromatic carbocycles. The molecule has 0 spiro atoms. The highest BCUT2D eigenvalue weighted by Gasteiger charge is 2.28. The van der Waals surface area contributed by atoms with Gasteiger partial charge >= 0.3 is 12.1 Å². The molecule has 2 aromatic rings. The number of aromatic nitrogens is 4. The summed E-state index contributed by atoms with van der Waals surface area (Å²) in [6.07, 6.45) is 3.84. The van der Waals surface area contributed by atoms with Gasteiger partial charge in [-0.3, -0.25) is 9.78 Å². The Morgan fingerprint density at radius 3 is 2.81 bits per heavy atom. The van der Waals surface area contributed by atoms with Crippen LogP contribution in [0.25, 0.3) is 11.4 Å². The molecule has 1 unspecified atom stereocenters. The highest BCUT2D eigenvalue weighted by molar-refractivity contribution is 5.70. The molecule has 2 aromatic heterocycles. The van der Waals surface area contributed by atoms with E-state index in [0.717, 1.165) is 12.8 Å². The highest BCUT2D eigenvalue weighted by atomic mass is 16.5. The second-order valence-corrected chi connectivity index (χ2v) is 8.17. The van der Waals surface area contributed by atoms with E-state index in [1.807, 2.05) is 13.8 Å². The summed E-state index contributed by atoms with van der Waals surface area (Å²) in [7, 11) is 1.74. The number of ether oxygens (including phenoxy) is 2. The fourth-order valence-corrected chi connectivity index (χ4v) is 3.48. The molecular weight excluding hydrogens is 402 g/mol. The van der Waals surface area contributed by atoms with Gasteiger partial charge in [0.15, 0.2) is 0 Å². The molecule has 0 radical (unpaired) electrons. The fourth-order valence-electron chi connectivity index (χ4n) is 3.48. The molecule has 0 saturated heterocycles. The van der Waals surface area contributed by atoms with Gasteiger partial charge in [-0.15, -0.1) is 5.10 Å². The fraction of sp³-hybridized carbons (Fsp3) is 0.571. The molecule has 10 nitrogen and oxygen atoms in total. The molecule has 1 fully saturated rings. The van der Waals surface area contributed by atoms with Gasteiger partial charge in [-0.2, -0.15) is 0 Å². The number of hydrogen-bond acceptors (Lipinski definition) is 7. The lowest BCUT2D eigenvalue weighted by molar-refractivity contribution is -0.143. The summed E-state index contributed by atoms with van der Waals surface area (Å²) in [6.45, 7) is 4.48. The number of carboxylic acid groups (broad SMARTS) is 1. The van der Waals surface area contributed by atoms with Gasteiger partial charge in [-0.1, -0.05) is 19.1 Å². The van der Waals surface area contributed by atoms with Crippen molar-refractivity contribution in [3.8, 4) is 17.1 Å². The quantitative estimate of drug-likeness (QED) is 0.653. The second kappa shape index (κ2) is 10.2. The van der Waals surface area contributed by atoms with E-state index in [4.69, 9.17) is 9.47 Å². The van der Waals surface area contributed by atoms with E-state index in [1.165, 1.54) is 0 Å². The SMILES string of the molecule is CC(C)COC(=O)NCc1c(-c2ccc(O[C@H]3CCCC(C(=O)O)C3)cn2)nnn1C. The van der Waals surface area contributed by atoms with Crippen molar-refractivity contribution in [1.82, 2.24) is 25.3 Å². The van der Waals surface area contributed by atoms with Crippen molar-refractivity contribution in [2.75, 3.05) is 6.61 Å². The topological polar surface area (TPSA) is 128 Å². The van der Waals surface area contributed by atoms with Gasteiger partial charge in [0, 0.05) is 7.05 Å². The van der Waals surface area contributed by atoms with Crippen LogP contribution in [-0.2, 0) is 23.1 Å². The number of nitrogens with zero attached hydrogens (tertiary/aromatic N) is 4. The summed E-state index contributed by atoms with van der Waals surface area (Å²) in [5, 5.41) is 20.1. The summed E-state index contributed by atoms with van der Waals surface area (Å²) in [5.74, 6) is -0.277. The summed E-state index contributed by atoms with van der Waals surface area (Å²) in [5.41, 5.74) is 1.85. The number of aryl methyl sites for hydroxylation is 1. The lowest BCUT2D eigenvalue weighted by atomic mass is 9.87. The van der Waals surface area contributed by atoms with Crippen LogP contribution in [0.15, 0.2) is 18.3 Å². The number of hydrogen-bond donors (Lipinski definition) is 2. The summed E-state index contributed by atoms with van der Waals surface area (Å²) >= 11 is 0. The molecule has 2 atom stereocenters. The van der Waals surface area contributed by atoms with Crippen LogP contribution in [0, 0.1) is 11.8 Å². The second-order valence-electron chi connectivity index (χ2n) is 8.17. The van der Waals surface area contributed by atoms with Crippen LogP contribution < -0.4 is 10.1 Å². The van der Waals surface area contributed by atoms with Crippen LogP contribution in [0.4, 0.5) is 4.79 Å². The Bertz CT molecular complexity index is 896. The molecule has 1 aliphatic carbocycles. The van der Waals surface area contributed by atoms with Crippen LogP contribution in [0.3, 0.4) is 0 Å². The lowest BCUT2D eigenvalue weighted by Crippen LogP contribution is -2.29. The van der Waals surface area contributed by atoms with Crippen molar-refractivity contribution < 1.29 is 24.2 Å².